The summed E-state index contributed by atoms with van der Waals surface area (Å²) >= 11 is 0. The normalized spacial score (nSPS) is 56.1. The first-order chi connectivity index (χ1) is 14.7. The summed E-state index contributed by atoms with van der Waals surface area (Å²) < 4.78 is 17.6. The molecule has 8 N–H and O–H groups in total. The minimum atomic E-state index is -1.50. The van der Waals surface area contributed by atoms with Crippen LogP contribution in [0.3, 0.4) is 0 Å². The highest BCUT2D eigenvalue weighted by Crippen LogP contribution is 2.43. The molecule has 4 aliphatic rings. The van der Waals surface area contributed by atoms with Crippen LogP contribution in [-0.4, -0.2) is 121 Å². The van der Waals surface area contributed by atoms with E-state index in [1.54, 1.807) is 0 Å². The van der Waals surface area contributed by atoms with E-state index in [1.807, 2.05) is 0 Å². The van der Waals surface area contributed by atoms with Gasteiger partial charge in [-0.25, -0.2) is 0 Å². The number of aliphatic hydroxyl groups is 8. The maximum Gasteiger partial charge on any atom is 0.186 e. The molecule has 0 aromatic heterocycles. The number of hydrogen-bond donors (Lipinski definition) is 8. The Kier molecular flexibility index (Phi) is 7.21. The molecule has 0 aromatic rings. The molecular formula is C20H34O11. The molecule has 4 rings (SSSR count). The van der Waals surface area contributed by atoms with Crippen molar-refractivity contribution in [2.45, 2.75) is 106 Å². The molecule has 11 heteroatoms. The van der Waals surface area contributed by atoms with Gasteiger partial charge in [0, 0.05) is 5.92 Å². The van der Waals surface area contributed by atoms with Crippen molar-refractivity contribution in [2.24, 2.45) is 11.8 Å². The van der Waals surface area contributed by atoms with E-state index in [0.717, 1.165) is 0 Å². The van der Waals surface area contributed by atoms with Crippen molar-refractivity contribution >= 4 is 0 Å². The SMILES string of the molecule is OC1CC(O)C2CC(O[C@@H]3OC[C@@H](O)[C@@H](O)[C@@H]3O)C(C3CC(O)C(O)C(O)C3)OC2C1. The molecule has 0 radical (unpaired) electrons. The number of fused-ring (bicyclic) bond motifs is 1. The minimum absolute atomic E-state index is 0.153. The summed E-state index contributed by atoms with van der Waals surface area (Å²) in [5.74, 6) is -0.725. The van der Waals surface area contributed by atoms with Crippen LogP contribution in [0.2, 0.25) is 0 Å². The topological polar surface area (TPSA) is 190 Å². The van der Waals surface area contributed by atoms with Crippen molar-refractivity contribution in [1.29, 1.82) is 0 Å². The fourth-order valence-electron chi connectivity index (χ4n) is 5.54. The Morgan fingerprint density at radius 1 is 0.645 bits per heavy atom. The number of ether oxygens (including phenoxy) is 3. The monoisotopic (exact) mass is 450 g/mol. The average Bonchev–Trinajstić information content (AvgIpc) is 2.72. The molecule has 0 spiro atoms. The van der Waals surface area contributed by atoms with Gasteiger partial charge in [0.1, 0.15) is 24.4 Å². The Bertz CT molecular complexity index is 596. The molecule has 8 unspecified atom stereocenters. The highest BCUT2D eigenvalue weighted by atomic mass is 16.7. The maximum atomic E-state index is 10.5. The molecule has 0 amide bonds. The molecule has 2 saturated carbocycles. The lowest BCUT2D eigenvalue weighted by Crippen LogP contribution is -2.60. The highest BCUT2D eigenvalue weighted by molar-refractivity contribution is 4.99. The number of aliphatic hydroxyl groups excluding tert-OH is 8. The lowest BCUT2D eigenvalue weighted by Gasteiger charge is -2.51. The van der Waals surface area contributed by atoms with Crippen molar-refractivity contribution in [3.63, 3.8) is 0 Å². The summed E-state index contributed by atoms with van der Waals surface area (Å²) in [6, 6.07) is 0. The Labute approximate surface area is 179 Å². The van der Waals surface area contributed by atoms with E-state index in [2.05, 4.69) is 0 Å². The summed E-state index contributed by atoms with van der Waals surface area (Å²) in [4.78, 5) is 0. The maximum absolute atomic E-state index is 10.5. The average molecular weight is 450 g/mol. The van der Waals surface area contributed by atoms with Crippen LogP contribution in [0.15, 0.2) is 0 Å². The zero-order chi connectivity index (χ0) is 22.4. The van der Waals surface area contributed by atoms with Crippen LogP contribution in [0.4, 0.5) is 0 Å². The van der Waals surface area contributed by atoms with Gasteiger partial charge in [0.05, 0.1) is 49.3 Å². The van der Waals surface area contributed by atoms with Crippen molar-refractivity contribution in [3.05, 3.63) is 0 Å². The van der Waals surface area contributed by atoms with Crippen molar-refractivity contribution < 1.29 is 55.1 Å². The molecule has 31 heavy (non-hydrogen) atoms. The first-order valence-corrected chi connectivity index (χ1v) is 11.0. The number of hydrogen-bond acceptors (Lipinski definition) is 11. The minimum Gasteiger partial charge on any atom is -0.393 e. The van der Waals surface area contributed by atoms with Crippen LogP contribution in [0.1, 0.15) is 32.1 Å². The fraction of sp³-hybridized carbons (Fsp3) is 1.00. The molecule has 0 bridgehead atoms. The van der Waals surface area contributed by atoms with Crippen molar-refractivity contribution in [3.8, 4) is 0 Å². The second-order valence-corrected chi connectivity index (χ2v) is 9.51. The van der Waals surface area contributed by atoms with Gasteiger partial charge in [0.15, 0.2) is 6.29 Å². The Morgan fingerprint density at radius 3 is 2.00 bits per heavy atom. The van der Waals surface area contributed by atoms with E-state index in [1.165, 1.54) is 0 Å². The van der Waals surface area contributed by atoms with Crippen LogP contribution in [0, 0.1) is 11.8 Å². The van der Waals surface area contributed by atoms with Gasteiger partial charge in [0.2, 0.25) is 0 Å². The third-order valence-corrected chi connectivity index (χ3v) is 7.30. The fourth-order valence-corrected chi connectivity index (χ4v) is 5.54. The van der Waals surface area contributed by atoms with E-state index in [9.17, 15) is 40.9 Å². The van der Waals surface area contributed by atoms with Gasteiger partial charge >= 0.3 is 0 Å². The van der Waals surface area contributed by atoms with E-state index in [-0.39, 0.29) is 31.8 Å². The summed E-state index contributed by atoms with van der Waals surface area (Å²) in [5.41, 5.74) is 0. The van der Waals surface area contributed by atoms with E-state index in [4.69, 9.17) is 14.2 Å². The predicted molar refractivity (Wildman–Crippen MR) is 101 cm³/mol. The summed E-state index contributed by atoms with van der Waals surface area (Å²) in [6.07, 6.45) is -11.2. The molecule has 4 fully saturated rings. The predicted octanol–water partition coefficient (Wildman–Crippen LogP) is -3.41. The lowest BCUT2D eigenvalue weighted by atomic mass is 9.72. The van der Waals surface area contributed by atoms with E-state index >= 15 is 0 Å². The van der Waals surface area contributed by atoms with Crippen LogP contribution in [-0.2, 0) is 14.2 Å². The van der Waals surface area contributed by atoms with Gasteiger partial charge in [-0.15, -0.1) is 0 Å². The molecular weight excluding hydrogens is 416 g/mol. The van der Waals surface area contributed by atoms with E-state index < -0.39 is 79.4 Å². The summed E-state index contributed by atoms with van der Waals surface area (Å²) in [7, 11) is 0. The van der Waals surface area contributed by atoms with Crippen LogP contribution in [0.5, 0.6) is 0 Å². The molecule has 180 valence electrons. The zero-order valence-electron chi connectivity index (χ0n) is 17.1. The second kappa shape index (κ2) is 9.43. The molecule has 2 aliphatic heterocycles. The standard InChI is InChI=1S/C20H34O11/c21-8-3-10(22)9-5-15(31-20-18(28)17(27)13(25)6-29-20)19(30-14(9)4-8)7-1-11(23)16(26)12(24)2-7/h7-28H,1-6H2/t7?,8?,9?,10?,11?,12?,13-,14?,15?,16?,17-,18+,19?,20+/m1/s1. The quantitative estimate of drug-likeness (QED) is 0.214. The molecule has 11 nitrogen and oxygen atoms in total. The summed E-state index contributed by atoms with van der Waals surface area (Å²) in [6.45, 7) is -0.227. The van der Waals surface area contributed by atoms with Gasteiger partial charge in [-0.2, -0.15) is 0 Å². The van der Waals surface area contributed by atoms with Crippen LogP contribution >= 0.6 is 0 Å². The Morgan fingerprint density at radius 2 is 1.32 bits per heavy atom. The molecule has 2 heterocycles. The Hall–Kier alpha value is -0.440. The second-order valence-electron chi connectivity index (χ2n) is 9.51. The van der Waals surface area contributed by atoms with Gasteiger partial charge in [-0.1, -0.05) is 0 Å². The largest absolute Gasteiger partial charge is 0.393 e. The molecule has 2 saturated heterocycles. The number of rotatable bonds is 3. The third kappa shape index (κ3) is 4.78. The molecule has 2 aliphatic carbocycles. The highest BCUT2D eigenvalue weighted by Gasteiger charge is 2.51. The van der Waals surface area contributed by atoms with Gasteiger partial charge in [-0.3, -0.25) is 0 Å². The Balaban J connectivity index is 1.54. The lowest BCUT2D eigenvalue weighted by molar-refractivity contribution is -0.314. The zero-order valence-corrected chi connectivity index (χ0v) is 17.1. The summed E-state index contributed by atoms with van der Waals surface area (Å²) in [5, 5.41) is 80.7. The molecule has 12 atom stereocenters. The smallest absolute Gasteiger partial charge is 0.186 e. The van der Waals surface area contributed by atoms with Crippen molar-refractivity contribution in [2.75, 3.05) is 6.61 Å². The van der Waals surface area contributed by atoms with Crippen LogP contribution < -0.4 is 0 Å². The molecule has 0 aromatic carbocycles. The van der Waals surface area contributed by atoms with Gasteiger partial charge < -0.3 is 55.1 Å². The first kappa shape index (κ1) is 23.7. The van der Waals surface area contributed by atoms with Crippen molar-refractivity contribution in [1.82, 2.24) is 0 Å². The van der Waals surface area contributed by atoms with Gasteiger partial charge in [0.25, 0.3) is 0 Å². The van der Waals surface area contributed by atoms with Crippen LogP contribution in [0.25, 0.3) is 0 Å². The third-order valence-electron chi connectivity index (χ3n) is 7.30. The van der Waals surface area contributed by atoms with Gasteiger partial charge in [-0.05, 0) is 38.0 Å². The van der Waals surface area contributed by atoms with E-state index in [0.29, 0.717) is 12.8 Å². The first-order valence-electron chi connectivity index (χ1n) is 11.0.